The number of rotatable bonds is 3. The molecule has 1 aliphatic rings. The van der Waals surface area contributed by atoms with E-state index in [1.165, 1.54) is 0 Å². The second-order valence-corrected chi connectivity index (χ2v) is 4.54. The van der Waals surface area contributed by atoms with Crippen LogP contribution in [0, 0.1) is 17.8 Å². The van der Waals surface area contributed by atoms with Crippen molar-refractivity contribution in [3.63, 3.8) is 0 Å². The predicted octanol–water partition coefficient (Wildman–Crippen LogP) is 1.73. The Morgan fingerprint density at radius 3 is 2.31 bits per heavy atom. The van der Waals surface area contributed by atoms with E-state index < -0.39 is 0 Å². The van der Waals surface area contributed by atoms with Gasteiger partial charge in [-0.1, -0.05) is 20.8 Å². The van der Waals surface area contributed by atoms with Gasteiger partial charge in [0, 0.05) is 6.04 Å². The van der Waals surface area contributed by atoms with Crippen molar-refractivity contribution in [1.82, 2.24) is 5.32 Å². The molecule has 1 atom stereocenters. The molecule has 0 heterocycles. The van der Waals surface area contributed by atoms with Gasteiger partial charge in [0.05, 0.1) is 0 Å². The second-order valence-electron chi connectivity index (χ2n) is 4.54. The van der Waals surface area contributed by atoms with Gasteiger partial charge >= 0.3 is 6.03 Å². The molecule has 3 nitrogen and oxygen atoms in total. The van der Waals surface area contributed by atoms with E-state index in [0.717, 1.165) is 30.6 Å². The Balaban J connectivity index is 2.21. The van der Waals surface area contributed by atoms with Crippen LogP contribution in [-0.2, 0) is 0 Å². The monoisotopic (exact) mass is 184 g/mol. The topological polar surface area (TPSA) is 55.1 Å². The van der Waals surface area contributed by atoms with Gasteiger partial charge in [0.1, 0.15) is 0 Å². The van der Waals surface area contributed by atoms with Gasteiger partial charge in [0.25, 0.3) is 0 Å². The molecule has 0 bridgehead atoms. The van der Waals surface area contributed by atoms with Gasteiger partial charge in [-0.25, -0.2) is 4.79 Å². The van der Waals surface area contributed by atoms with Crippen LogP contribution >= 0.6 is 0 Å². The van der Waals surface area contributed by atoms with Gasteiger partial charge < -0.3 is 11.1 Å². The van der Waals surface area contributed by atoms with E-state index in [4.69, 9.17) is 5.73 Å². The lowest BCUT2D eigenvalue weighted by molar-refractivity contribution is 0.133. The Hall–Kier alpha value is -0.730. The third-order valence-electron chi connectivity index (χ3n) is 3.32. The van der Waals surface area contributed by atoms with Crippen molar-refractivity contribution in [1.29, 1.82) is 0 Å². The Morgan fingerprint density at radius 1 is 1.38 bits per heavy atom. The minimum Gasteiger partial charge on any atom is -0.352 e. The van der Waals surface area contributed by atoms with E-state index in [9.17, 15) is 4.79 Å². The summed E-state index contributed by atoms with van der Waals surface area (Å²) in [5.74, 6) is 2.27. The quantitative estimate of drug-likeness (QED) is 0.689. The molecule has 3 N–H and O–H groups in total. The van der Waals surface area contributed by atoms with Crippen LogP contribution < -0.4 is 11.1 Å². The Labute approximate surface area is 80.1 Å². The minimum absolute atomic E-state index is 0.337. The first-order chi connectivity index (χ1) is 6.00. The van der Waals surface area contributed by atoms with E-state index in [0.29, 0.717) is 6.04 Å². The van der Waals surface area contributed by atoms with E-state index in [-0.39, 0.29) is 6.03 Å². The number of hydrogen-bond donors (Lipinski definition) is 2. The van der Waals surface area contributed by atoms with Crippen LogP contribution in [0.25, 0.3) is 0 Å². The van der Waals surface area contributed by atoms with Crippen LogP contribution in [0.1, 0.15) is 33.6 Å². The van der Waals surface area contributed by atoms with E-state index in [2.05, 4.69) is 26.1 Å². The van der Waals surface area contributed by atoms with Crippen molar-refractivity contribution in [2.75, 3.05) is 0 Å². The van der Waals surface area contributed by atoms with Gasteiger partial charge in [-0.3, -0.25) is 0 Å². The van der Waals surface area contributed by atoms with Gasteiger partial charge in [0.15, 0.2) is 0 Å². The molecule has 1 aliphatic carbocycles. The number of nitrogens with two attached hydrogens (primary N) is 1. The molecule has 0 aliphatic heterocycles. The Bertz CT molecular complexity index is 185. The molecule has 0 saturated heterocycles. The summed E-state index contributed by atoms with van der Waals surface area (Å²) in [6.07, 6.45) is 2.20. The average molecular weight is 184 g/mol. The SMILES string of the molecule is CC(C)C(C)C1CC(NC(N)=O)C1. The zero-order valence-corrected chi connectivity index (χ0v) is 8.71. The van der Waals surface area contributed by atoms with E-state index >= 15 is 0 Å². The molecule has 1 fully saturated rings. The molecule has 76 valence electrons. The second kappa shape index (κ2) is 3.99. The summed E-state index contributed by atoms with van der Waals surface area (Å²) >= 11 is 0. The van der Waals surface area contributed by atoms with Crippen LogP contribution in [0.15, 0.2) is 0 Å². The van der Waals surface area contributed by atoms with Crippen LogP contribution in [0.4, 0.5) is 4.79 Å². The maximum Gasteiger partial charge on any atom is 0.312 e. The number of amides is 2. The first-order valence-corrected chi connectivity index (χ1v) is 5.06. The first kappa shape index (κ1) is 10.4. The highest BCUT2D eigenvalue weighted by Crippen LogP contribution is 2.37. The summed E-state index contributed by atoms with van der Waals surface area (Å²) in [5, 5.41) is 2.74. The van der Waals surface area contributed by atoms with Crippen LogP contribution in [0.5, 0.6) is 0 Å². The lowest BCUT2D eigenvalue weighted by Crippen LogP contribution is -2.48. The lowest BCUT2D eigenvalue weighted by atomic mass is 9.69. The number of urea groups is 1. The summed E-state index contributed by atoms with van der Waals surface area (Å²) in [4.78, 5) is 10.5. The van der Waals surface area contributed by atoms with Crippen LogP contribution in [0.3, 0.4) is 0 Å². The van der Waals surface area contributed by atoms with Crippen molar-refractivity contribution in [3.8, 4) is 0 Å². The van der Waals surface area contributed by atoms with E-state index in [1.54, 1.807) is 0 Å². The van der Waals surface area contributed by atoms with Crippen molar-refractivity contribution < 1.29 is 4.79 Å². The molecule has 1 rings (SSSR count). The molecule has 1 unspecified atom stereocenters. The molecular weight excluding hydrogens is 164 g/mol. The summed E-state index contributed by atoms with van der Waals surface area (Å²) in [7, 11) is 0. The molecule has 0 aromatic heterocycles. The zero-order chi connectivity index (χ0) is 10.0. The van der Waals surface area contributed by atoms with Crippen LogP contribution in [-0.4, -0.2) is 12.1 Å². The fourth-order valence-electron chi connectivity index (χ4n) is 1.95. The van der Waals surface area contributed by atoms with Gasteiger partial charge in [-0.15, -0.1) is 0 Å². The molecule has 13 heavy (non-hydrogen) atoms. The highest BCUT2D eigenvalue weighted by atomic mass is 16.2. The molecule has 3 heteroatoms. The molecule has 1 saturated carbocycles. The molecule has 0 aromatic carbocycles. The standard InChI is InChI=1S/C10H20N2O/c1-6(2)7(3)8-4-9(5-8)12-10(11)13/h6-9H,4-5H2,1-3H3,(H3,11,12,13). The number of carbonyl (C=O) groups excluding carboxylic acids is 1. The summed E-state index contributed by atoms with van der Waals surface area (Å²) in [5.41, 5.74) is 5.03. The highest BCUT2D eigenvalue weighted by Gasteiger charge is 2.34. The van der Waals surface area contributed by atoms with Gasteiger partial charge in [-0.05, 0) is 30.6 Å². The predicted molar refractivity (Wildman–Crippen MR) is 53.2 cm³/mol. The van der Waals surface area contributed by atoms with Crippen molar-refractivity contribution in [2.24, 2.45) is 23.5 Å². The van der Waals surface area contributed by atoms with Crippen molar-refractivity contribution in [3.05, 3.63) is 0 Å². The van der Waals surface area contributed by atoms with E-state index in [1.807, 2.05) is 0 Å². The minimum atomic E-state index is -0.388. The Morgan fingerprint density at radius 2 is 1.92 bits per heavy atom. The van der Waals surface area contributed by atoms with Crippen molar-refractivity contribution >= 4 is 6.03 Å². The largest absolute Gasteiger partial charge is 0.352 e. The zero-order valence-electron chi connectivity index (χ0n) is 8.71. The van der Waals surface area contributed by atoms with Crippen molar-refractivity contribution in [2.45, 2.75) is 39.7 Å². The number of nitrogens with one attached hydrogen (secondary N) is 1. The number of carbonyl (C=O) groups is 1. The molecule has 2 amide bonds. The average Bonchev–Trinajstić information content (AvgIpc) is 1.94. The fraction of sp³-hybridized carbons (Fsp3) is 0.900. The summed E-state index contributed by atoms with van der Waals surface area (Å²) in [6.45, 7) is 6.79. The fourth-order valence-corrected chi connectivity index (χ4v) is 1.95. The highest BCUT2D eigenvalue weighted by molar-refractivity contribution is 5.72. The number of primary amides is 1. The molecule has 0 radical (unpaired) electrons. The van der Waals surface area contributed by atoms with Gasteiger partial charge in [0.2, 0.25) is 0 Å². The summed E-state index contributed by atoms with van der Waals surface area (Å²) < 4.78 is 0. The molecule has 0 aromatic rings. The first-order valence-electron chi connectivity index (χ1n) is 5.06. The normalized spacial score (nSPS) is 29.5. The number of hydrogen-bond acceptors (Lipinski definition) is 1. The van der Waals surface area contributed by atoms with Crippen LogP contribution in [0.2, 0.25) is 0 Å². The smallest absolute Gasteiger partial charge is 0.312 e. The molecular formula is C10H20N2O. The third kappa shape index (κ3) is 2.61. The third-order valence-corrected chi connectivity index (χ3v) is 3.32. The summed E-state index contributed by atoms with van der Waals surface area (Å²) in [6, 6.07) is -0.0515. The van der Waals surface area contributed by atoms with Gasteiger partial charge in [-0.2, -0.15) is 0 Å². The molecule has 0 spiro atoms. The Kier molecular flexibility index (Phi) is 3.17. The lowest BCUT2D eigenvalue weighted by Gasteiger charge is -2.40. The maximum absolute atomic E-state index is 10.5. The maximum atomic E-state index is 10.5.